The zero-order chi connectivity index (χ0) is 7.23. The van der Waals surface area contributed by atoms with Crippen molar-refractivity contribution < 1.29 is 0 Å². The van der Waals surface area contributed by atoms with Crippen molar-refractivity contribution in [1.82, 2.24) is 20.2 Å². The van der Waals surface area contributed by atoms with Gasteiger partial charge in [0.25, 0.3) is 0 Å². The van der Waals surface area contributed by atoms with E-state index >= 15 is 0 Å². The zero-order valence-electron chi connectivity index (χ0n) is 5.03. The van der Waals surface area contributed by atoms with Crippen LogP contribution in [0.5, 0.6) is 0 Å². The number of hydrogen-bond donors (Lipinski definition) is 1. The lowest BCUT2D eigenvalue weighted by atomic mass is 10.9. The molecule has 0 atom stereocenters. The Labute approximate surface area is 71.6 Å². The number of hydrogen-bond acceptors (Lipinski definition) is 3. The maximum Gasteiger partial charge on any atom is 0.185 e. The van der Waals surface area contributed by atoms with Gasteiger partial charge in [-0.05, 0) is 0 Å². The van der Waals surface area contributed by atoms with E-state index in [2.05, 4.69) is 20.2 Å². The Kier molecular flexibility index (Phi) is 3.07. The number of aromatic nitrogens is 4. The van der Waals surface area contributed by atoms with Crippen molar-refractivity contribution in [2.45, 2.75) is 0 Å². The number of rotatable bonds is 0. The molecule has 0 aliphatic heterocycles. The van der Waals surface area contributed by atoms with Crippen LogP contribution in [-0.4, -0.2) is 20.2 Å². The third-order valence-electron chi connectivity index (χ3n) is 0.725. The molecule has 0 aromatic carbocycles. The smallest absolute Gasteiger partial charge is 0.185 e. The van der Waals surface area contributed by atoms with E-state index in [1.54, 1.807) is 24.8 Å². The molecule has 0 aliphatic rings. The number of aromatic amines is 1. The Hall–Kier alpha value is -0.720. The molecule has 4 nitrogen and oxygen atoms in total. The summed E-state index contributed by atoms with van der Waals surface area (Å²) >= 11 is 2.03. The Bertz CT molecular complexity index is 221. The van der Waals surface area contributed by atoms with Gasteiger partial charge < -0.3 is 0 Å². The average molecular weight is 248 g/mol. The molecular weight excluding hydrogens is 243 g/mol. The van der Waals surface area contributed by atoms with Crippen LogP contribution in [0.2, 0.25) is 0 Å². The summed E-state index contributed by atoms with van der Waals surface area (Å²) in [6, 6.07) is 0. The summed E-state index contributed by atoms with van der Waals surface area (Å²) in [5.41, 5.74) is 0. The van der Waals surface area contributed by atoms with Gasteiger partial charge in [0.2, 0.25) is 0 Å². The lowest BCUT2D eigenvalue weighted by Gasteiger charge is -1.75. The van der Waals surface area contributed by atoms with Crippen LogP contribution in [0, 0.1) is 3.83 Å². The van der Waals surface area contributed by atoms with Crippen molar-refractivity contribution in [3.05, 3.63) is 28.6 Å². The van der Waals surface area contributed by atoms with E-state index in [-0.39, 0.29) is 0 Å². The maximum atomic E-state index is 3.93. The molecule has 1 N–H and O–H groups in total. The van der Waals surface area contributed by atoms with E-state index in [4.69, 9.17) is 0 Å². The SMILES string of the molecule is Ic1nccnccn[nH]1. The van der Waals surface area contributed by atoms with Gasteiger partial charge in [-0.1, -0.05) is 0 Å². The van der Waals surface area contributed by atoms with E-state index < -0.39 is 0 Å². The number of nitrogens with zero attached hydrogens (tertiary/aromatic N) is 3. The number of H-pyrrole nitrogens is 1. The van der Waals surface area contributed by atoms with E-state index in [1.807, 2.05) is 22.6 Å². The van der Waals surface area contributed by atoms with Crippen molar-refractivity contribution >= 4 is 22.6 Å². The fourth-order valence-electron chi connectivity index (χ4n) is 0.378. The van der Waals surface area contributed by atoms with Crippen LogP contribution in [0.4, 0.5) is 0 Å². The molecule has 10 heavy (non-hydrogen) atoms. The van der Waals surface area contributed by atoms with Crippen molar-refractivity contribution in [1.29, 1.82) is 0 Å². The van der Waals surface area contributed by atoms with Gasteiger partial charge in [-0.3, -0.25) is 10.1 Å². The molecule has 52 valence electrons. The third-order valence-corrected chi connectivity index (χ3v) is 1.24. The normalized spacial score (nSPS) is 8.50. The highest BCUT2D eigenvalue weighted by Gasteiger charge is 1.73. The monoisotopic (exact) mass is 248 g/mol. The second-order valence-corrected chi connectivity index (χ2v) is 2.43. The van der Waals surface area contributed by atoms with E-state index in [0.29, 0.717) is 0 Å². The van der Waals surface area contributed by atoms with Crippen LogP contribution < -0.4 is 0 Å². The summed E-state index contributed by atoms with van der Waals surface area (Å²) in [5, 5.41) is 6.46. The molecule has 1 aromatic heterocycles. The van der Waals surface area contributed by atoms with Crippen LogP contribution in [0.25, 0.3) is 0 Å². The van der Waals surface area contributed by atoms with Gasteiger partial charge in [0.05, 0.1) is 6.20 Å². The fraction of sp³-hybridized carbons (Fsp3) is 0. The van der Waals surface area contributed by atoms with E-state index in [1.165, 1.54) is 0 Å². The summed E-state index contributed by atoms with van der Waals surface area (Å²) in [6.45, 7) is 0. The highest BCUT2D eigenvalue weighted by atomic mass is 127. The van der Waals surface area contributed by atoms with Crippen molar-refractivity contribution in [3.8, 4) is 0 Å². The molecule has 0 bridgehead atoms. The average Bonchev–Trinajstić information content (AvgIpc) is 2.02. The molecule has 0 spiro atoms. The lowest BCUT2D eigenvalue weighted by Crippen LogP contribution is -1.79. The highest BCUT2D eigenvalue weighted by molar-refractivity contribution is 14.1. The zero-order valence-corrected chi connectivity index (χ0v) is 7.19. The predicted octanol–water partition coefficient (Wildman–Crippen LogP) is 0.929. The molecule has 0 saturated heterocycles. The molecule has 0 aliphatic carbocycles. The molecule has 0 unspecified atom stereocenters. The minimum absolute atomic E-state index is 0.718. The number of nitrogens with one attached hydrogen (secondary N) is 1. The third kappa shape index (κ3) is 2.72. The van der Waals surface area contributed by atoms with Gasteiger partial charge in [-0.2, -0.15) is 5.10 Å². The summed E-state index contributed by atoms with van der Waals surface area (Å²) in [6.07, 6.45) is 6.33. The van der Waals surface area contributed by atoms with Crippen LogP contribution in [0.1, 0.15) is 0 Å². The Balaban J connectivity index is 3.13. The molecule has 0 amide bonds. The fourth-order valence-corrected chi connectivity index (χ4v) is 0.678. The molecule has 0 radical (unpaired) electrons. The predicted molar refractivity (Wildman–Crippen MR) is 44.5 cm³/mol. The first kappa shape index (κ1) is 7.39. The highest BCUT2D eigenvalue weighted by Crippen LogP contribution is 1.85. The van der Waals surface area contributed by atoms with Crippen molar-refractivity contribution in [3.63, 3.8) is 0 Å². The quantitative estimate of drug-likeness (QED) is 0.695. The topological polar surface area (TPSA) is 54.5 Å². The maximum absolute atomic E-state index is 3.93. The second-order valence-electron chi connectivity index (χ2n) is 1.41. The first-order valence-corrected chi connectivity index (χ1v) is 3.66. The van der Waals surface area contributed by atoms with Gasteiger partial charge in [0, 0.05) is 41.2 Å². The minimum Gasteiger partial charge on any atom is -0.261 e. The second kappa shape index (κ2) is 4.15. The van der Waals surface area contributed by atoms with Crippen LogP contribution >= 0.6 is 22.6 Å². The van der Waals surface area contributed by atoms with Crippen LogP contribution in [0.3, 0.4) is 0 Å². The standard InChI is InChI=1S/C5H5IN4/c6-5-8-3-1-7-2-4-9-10-5/h1-4H,(H,8,10). The Morgan fingerprint density at radius 3 is 2.90 bits per heavy atom. The van der Waals surface area contributed by atoms with E-state index in [9.17, 15) is 0 Å². The summed E-state index contributed by atoms with van der Waals surface area (Å²) in [5.74, 6) is 0. The Morgan fingerprint density at radius 2 is 2.00 bits per heavy atom. The van der Waals surface area contributed by atoms with Crippen LogP contribution in [-0.2, 0) is 0 Å². The molecule has 1 rings (SSSR count). The van der Waals surface area contributed by atoms with Gasteiger partial charge in [-0.15, -0.1) is 0 Å². The minimum atomic E-state index is 0.718. The number of halogens is 1. The van der Waals surface area contributed by atoms with Crippen LogP contribution in [0.15, 0.2) is 24.8 Å². The van der Waals surface area contributed by atoms with E-state index in [0.717, 1.165) is 3.83 Å². The first-order valence-electron chi connectivity index (χ1n) is 2.59. The summed E-state index contributed by atoms with van der Waals surface area (Å²) in [7, 11) is 0. The van der Waals surface area contributed by atoms with Gasteiger partial charge in [0.15, 0.2) is 3.83 Å². The molecular formula is C5H5IN4. The molecule has 0 fully saturated rings. The van der Waals surface area contributed by atoms with Gasteiger partial charge >= 0.3 is 0 Å². The van der Waals surface area contributed by atoms with Crippen molar-refractivity contribution in [2.24, 2.45) is 0 Å². The molecule has 1 heterocycles. The largest absolute Gasteiger partial charge is 0.261 e. The lowest BCUT2D eigenvalue weighted by molar-refractivity contribution is 0.970. The first-order chi connectivity index (χ1) is 4.89. The molecule has 0 saturated carbocycles. The Morgan fingerprint density at radius 1 is 1.20 bits per heavy atom. The molecule has 5 heteroatoms. The van der Waals surface area contributed by atoms with Gasteiger partial charge in [-0.25, -0.2) is 4.98 Å². The summed E-state index contributed by atoms with van der Waals surface area (Å²) in [4.78, 5) is 7.75. The summed E-state index contributed by atoms with van der Waals surface area (Å²) < 4.78 is 0.718. The van der Waals surface area contributed by atoms with Crippen molar-refractivity contribution in [2.75, 3.05) is 0 Å². The molecule has 1 aromatic rings. The van der Waals surface area contributed by atoms with Gasteiger partial charge in [0.1, 0.15) is 0 Å².